The normalized spacial score (nSPS) is 12.8. The maximum absolute atomic E-state index is 12.7. The van der Waals surface area contributed by atoms with Crippen LogP contribution in [-0.4, -0.2) is 16.8 Å². The summed E-state index contributed by atoms with van der Waals surface area (Å²) >= 11 is 0. The number of benzene rings is 2. The fraction of sp³-hybridized carbons (Fsp3) is 0.200. The second kappa shape index (κ2) is 8.11. The molecule has 0 unspecified atom stereocenters. The van der Waals surface area contributed by atoms with Crippen molar-refractivity contribution in [2.24, 2.45) is 0 Å². The van der Waals surface area contributed by atoms with Crippen molar-refractivity contribution in [2.45, 2.75) is 25.9 Å². The number of hydrogen-bond donors (Lipinski definition) is 1. The van der Waals surface area contributed by atoms with Gasteiger partial charge < -0.3 is 5.32 Å². The molecule has 0 aromatic heterocycles. The van der Waals surface area contributed by atoms with Crippen LogP contribution in [0.3, 0.4) is 0 Å². The standard InChI is InChI=1S/C20H22N2O2/c1-4-19(23)22(16(3)18-13-9-6-10-14-18)20(24)21-15(2)17-11-7-5-8-12-17/h4-16H,1H2,2-3H3,(H,21,24)/t15-,16-/m0/s1. The molecule has 124 valence electrons. The van der Waals surface area contributed by atoms with E-state index in [1.807, 2.05) is 74.5 Å². The number of carbonyl (C=O) groups is 2. The van der Waals surface area contributed by atoms with Crippen molar-refractivity contribution >= 4 is 11.9 Å². The van der Waals surface area contributed by atoms with E-state index in [9.17, 15) is 9.59 Å². The van der Waals surface area contributed by atoms with E-state index in [4.69, 9.17) is 0 Å². The van der Waals surface area contributed by atoms with Gasteiger partial charge in [0.25, 0.3) is 5.91 Å². The number of amides is 3. The maximum atomic E-state index is 12.7. The van der Waals surface area contributed by atoms with Crippen LogP contribution < -0.4 is 5.32 Å². The molecule has 2 aromatic carbocycles. The highest BCUT2D eigenvalue weighted by molar-refractivity contribution is 6.00. The lowest BCUT2D eigenvalue weighted by atomic mass is 10.1. The smallest absolute Gasteiger partial charge is 0.325 e. The number of urea groups is 1. The molecule has 2 atom stereocenters. The minimum atomic E-state index is -0.437. The lowest BCUT2D eigenvalue weighted by Crippen LogP contribution is -2.45. The highest BCUT2D eigenvalue weighted by atomic mass is 16.2. The third-order valence-corrected chi connectivity index (χ3v) is 3.94. The number of nitrogens with one attached hydrogen (secondary N) is 1. The summed E-state index contributed by atoms with van der Waals surface area (Å²) < 4.78 is 0. The van der Waals surface area contributed by atoms with Crippen LogP contribution in [0, 0.1) is 0 Å². The summed E-state index contributed by atoms with van der Waals surface area (Å²) in [6.45, 7) is 7.21. The Morgan fingerprint density at radius 1 is 0.958 bits per heavy atom. The van der Waals surface area contributed by atoms with E-state index in [0.717, 1.165) is 17.2 Å². The molecular weight excluding hydrogens is 300 g/mol. The quantitative estimate of drug-likeness (QED) is 0.837. The summed E-state index contributed by atoms with van der Waals surface area (Å²) in [5.74, 6) is -0.427. The van der Waals surface area contributed by atoms with Crippen LogP contribution in [0.2, 0.25) is 0 Å². The Kier molecular flexibility index (Phi) is 5.90. The summed E-state index contributed by atoms with van der Waals surface area (Å²) in [6, 6.07) is 18.0. The number of carbonyl (C=O) groups excluding carboxylic acids is 2. The van der Waals surface area contributed by atoms with Gasteiger partial charge in [0.05, 0.1) is 12.1 Å². The van der Waals surface area contributed by atoms with Gasteiger partial charge in [-0.2, -0.15) is 0 Å². The maximum Gasteiger partial charge on any atom is 0.325 e. The van der Waals surface area contributed by atoms with Gasteiger partial charge in [-0.05, 0) is 31.1 Å². The zero-order valence-corrected chi connectivity index (χ0v) is 14.0. The van der Waals surface area contributed by atoms with Gasteiger partial charge in [-0.3, -0.25) is 9.69 Å². The Labute approximate surface area is 142 Å². The predicted octanol–water partition coefficient (Wildman–Crippen LogP) is 4.23. The third kappa shape index (κ3) is 4.10. The summed E-state index contributed by atoms with van der Waals surface area (Å²) in [4.78, 5) is 26.1. The van der Waals surface area contributed by atoms with Crippen molar-refractivity contribution < 1.29 is 9.59 Å². The topological polar surface area (TPSA) is 49.4 Å². The largest absolute Gasteiger partial charge is 0.331 e. The van der Waals surface area contributed by atoms with E-state index >= 15 is 0 Å². The van der Waals surface area contributed by atoms with E-state index in [-0.39, 0.29) is 12.1 Å². The molecule has 0 bridgehead atoms. The molecule has 4 nitrogen and oxygen atoms in total. The van der Waals surface area contributed by atoms with E-state index in [0.29, 0.717) is 0 Å². The zero-order valence-electron chi connectivity index (χ0n) is 14.0. The molecule has 0 aliphatic carbocycles. The first kappa shape index (κ1) is 17.5. The molecule has 0 saturated carbocycles. The summed E-state index contributed by atoms with van der Waals surface area (Å²) in [6.07, 6.45) is 1.16. The number of hydrogen-bond acceptors (Lipinski definition) is 2. The van der Waals surface area contributed by atoms with Crippen LogP contribution in [-0.2, 0) is 4.79 Å². The van der Waals surface area contributed by atoms with Gasteiger partial charge in [0, 0.05) is 0 Å². The van der Waals surface area contributed by atoms with Crippen molar-refractivity contribution in [3.8, 4) is 0 Å². The molecule has 0 aliphatic heterocycles. The van der Waals surface area contributed by atoms with Crippen LogP contribution in [0.25, 0.3) is 0 Å². The second-order valence-corrected chi connectivity index (χ2v) is 5.58. The van der Waals surface area contributed by atoms with Gasteiger partial charge in [0.1, 0.15) is 0 Å². The van der Waals surface area contributed by atoms with Crippen LogP contribution in [0.5, 0.6) is 0 Å². The van der Waals surface area contributed by atoms with E-state index < -0.39 is 11.9 Å². The molecule has 2 aromatic rings. The molecule has 3 amide bonds. The van der Waals surface area contributed by atoms with Gasteiger partial charge in [-0.25, -0.2) is 4.79 Å². The van der Waals surface area contributed by atoms with Crippen molar-refractivity contribution in [1.29, 1.82) is 0 Å². The van der Waals surface area contributed by atoms with E-state index in [2.05, 4.69) is 11.9 Å². The Morgan fingerprint density at radius 2 is 1.46 bits per heavy atom. The number of nitrogens with zero attached hydrogens (tertiary/aromatic N) is 1. The molecule has 1 N–H and O–H groups in total. The van der Waals surface area contributed by atoms with Gasteiger partial charge >= 0.3 is 6.03 Å². The van der Waals surface area contributed by atoms with Gasteiger partial charge in [0.2, 0.25) is 0 Å². The first-order valence-electron chi connectivity index (χ1n) is 7.90. The monoisotopic (exact) mass is 322 g/mol. The summed E-state index contributed by atoms with van der Waals surface area (Å²) in [5.41, 5.74) is 1.86. The lowest BCUT2D eigenvalue weighted by Gasteiger charge is -2.28. The Morgan fingerprint density at radius 3 is 1.96 bits per heavy atom. The van der Waals surface area contributed by atoms with E-state index in [1.54, 1.807) is 0 Å². The lowest BCUT2D eigenvalue weighted by molar-refractivity contribution is -0.124. The first-order valence-corrected chi connectivity index (χ1v) is 7.90. The number of imide groups is 1. The highest BCUT2D eigenvalue weighted by Crippen LogP contribution is 2.21. The highest BCUT2D eigenvalue weighted by Gasteiger charge is 2.27. The molecule has 0 radical (unpaired) electrons. The molecule has 0 spiro atoms. The van der Waals surface area contributed by atoms with Gasteiger partial charge in [-0.1, -0.05) is 67.2 Å². The molecule has 0 aliphatic rings. The molecule has 2 rings (SSSR count). The summed E-state index contributed by atoms with van der Waals surface area (Å²) in [5, 5.41) is 2.88. The minimum absolute atomic E-state index is 0.207. The fourth-order valence-electron chi connectivity index (χ4n) is 2.53. The van der Waals surface area contributed by atoms with Gasteiger partial charge in [-0.15, -0.1) is 0 Å². The van der Waals surface area contributed by atoms with Crippen LogP contribution >= 0.6 is 0 Å². The van der Waals surface area contributed by atoms with Crippen molar-refractivity contribution in [2.75, 3.05) is 0 Å². The minimum Gasteiger partial charge on any atom is -0.331 e. The molecular formula is C20H22N2O2. The molecule has 24 heavy (non-hydrogen) atoms. The molecule has 4 heteroatoms. The van der Waals surface area contributed by atoms with Crippen molar-refractivity contribution in [3.63, 3.8) is 0 Å². The first-order chi connectivity index (χ1) is 11.5. The average Bonchev–Trinajstić information content (AvgIpc) is 2.63. The SMILES string of the molecule is C=CC(=O)N(C(=O)N[C@@H](C)c1ccccc1)[C@@H](C)c1ccccc1. The van der Waals surface area contributed by atoms with Crippen LogP contribution in [0.15, 0.2) is 73.3 Å². The van der Waals surface area contributed by atoms with E-state index in [1.165, 1.54) is 4.90 Å². The summed E-state index contributed by atoms with van der Waals surface area (Å²) in [7, 11) is 0. The Bertz CT molecular complexity index is 698. The third-order valence-electron chi connectivity index (χ3n) is 3.94. The van der Waals surface area contributed by atoms with Gasteiger partial charge in [0.15, 0.2) is 0 Å². The average molecular weight is 322 g/mol. The van der Waals surface area contributed by atoms with Crippen molar-refractivity contribution in [1.82, 2.24) is 10.2 Å². The van der Waals surface area contributed by atoms with Crippen LogP contribution in [0.1, 0.15) is 37.1 Å². The number of rotatable bonds is 5. The zero-order chi connectivity index (χ0) is 17.5. The molecule has 0 saturated heterocycles. The fourth-order valence-corrected chi connectivity index (χ4v) is 2.53. The van der Waals surface area contributed by atoms with Crippen molar-refractivity contribution in [3.05, 3.63) is 84.4 Å². The Hall–Kier alpha value is -2.88. The Balaban J connectivity index is 2.20. The molecule has 0 heterocycles. The molecule has 0 fully saturated rings. The second-order valence-electron chi connectivity index (χ2n) is 5.58. The predicted molar refractivity (Wildman–Crippen MR) is 95.3 cm³/mol. The van der Waals surface area contributed by atoms with Crippen LogP contribution in [0.4, 0.5) is 4.79 Å².